The number of aryl methyl sites for hydroxylation is 1. The highest BCUT2D eigenvalue weighted by atomic mass is 16.3. The van der Waals surface area contributed by atoms with Gasteiger partial charge in [0.1, 0.15) is 6.54 Å². The van der Waals surface area contributed by atoms with Crippen LogP contribution in [0.1, 0.15) is 30.0 Å². The fourth-order valence-electron chi connectivity index (χ4n) is 4.15. The third kappa shape index (κ3) is 6.69. The van der Waals surface area contributed by atoms with Crippen molar-refractivity contribution in [2.75, 3.05) is 48.3 Å². The number of anilines is 3. The second-order valence-corrected chi connectivity index (χ2v) is 9.37. The first-order valence-corrected chi connectivity index (χ1v) is 12.4. The molecule has 0 saturated carbocycles. The van der Waals surface area contributed by atoms with Crippen LogP contribution in [0.2, 0.25) is 0 Å². The molecule has 0 atom stereocenters. The van der Waals surface area contributed by atoms with Gasteiger partial charge in [-0.25, -0.2) is 4.79 Å². The van der Waals surface area contributed by atoms with Crippen molar-refractivity contribution in [1.29, 1.82) is 0 Å². The Morgan fingerprint density at radius 1 is 0.892 bits per heavy atom. The van der Waals surface area contributed by atoms with Crippen molar-refractivity contribution in [3.63, 3.8) is 0 Å². The summed E-state index contributed by atoms with van der Waals surface area (Å²) in [7, 11) is 0. The molecule has 4 amide bonds. The van der Waals surface area contributed by atoms with Crippen molar-refractivity contribution < 1.29 is 18.8 Å². The van der Waals surface area contributed by atoms with Crippen molar-refractivity contribution in [3.05, 3.63) is 78.3 Å². The number of amides is 4. The summed E-state index contributed by atoms with van der Waals surface area (Å²) < 4.78 is 5.19. The van der Waals surface area contributed by atoms with Gasteiger partial charge >= 0.3 is 6.03 Å². The number of carbonyl (C=O) groups is 3. The quantitative estimate of drug-likeness (QED) is 0.497. The van der Waals surface area contributed by atoms with Crippen molar-refractivity contribution in [2.45, 2.75) is 26.8 Å². The Balaban J connectivity index is 1.27. The van der Waals surface area contributed by atoms with E-state index in [-0.39, 0.29) is 36.2 Å². The van der Waals surface area contributed by atoms with E-state index >= 15 is 0 Å². The molecule has 2 aromatic carbocycles. The van der Waals surface area contributed by atoms with Crippen LogP contribution >= 0.6 is 0 Å². The number of furan rings is 1. The Morgan fingerprint density at radius 3 is 2.11 bits per heavy atom. The monoisotopic (exact) mass is 503 g/mol. The van der Waals surface area contributed by atoms with Gasteiger partial charge in [-0.3, -0.25) is 9.59 Å². The fourth-order valence-corrected chi connectivity index (χ4v) is 4.15. The second kappa shape index (κ2) is 11.6. The van der Waals surface area contributed by atoms with Crippen LogP contribution < -0.4 is 15.5 Å². The number of carbonyl (C=O) groups excluding carboxylic acids is 3. The minimum absolute atomic E-state index is 0.0778. The van der Waals surface area contributed by atoms with Crippen LogP contribution in [-0.4, -0.2) is 66.4 Å². The van der Waals surface area contributed by atoms with Gasteiger partial charge in [-0.2, -0.15) is 0 Å². The zero-order chi connectivity index (χ0) is 26.4. The summed E-state index contributed by atoms with van der Waals surface area (Å²) in [5.41, 5.74) is 3.61. The van der Waals surface area contributed by atoms with Crippen LogP contribution in [0.4, 0.5) is 21.9 Å². The van der Waals surface area contributed by atoms with Crippen molar-refractivity contribution in [2.24, 2.45) is 0 Å². The average molecular weight is 504 g/mol. The number of rotatable bonds is 7. The fraction of sp³-hybridized carbons (Fsp3) is 0.321. The van der Waals surface area contributed by atoms with Crippen LogP contribution in [0.5, 0.6) is 0 Å². The number of urea groups is 1. The Kier molecular flexibility index (Phi) is 8.12. The van der Waals surface area contributed by atoms with Gasteiger partial charge in [-0.1, -0.05) is 17.7 Å². The minimum atomic E-state index is -0.322. The smallest absolute Gasteiger partial charge is 0.321 e. The summed E-state index contributed by atoms with van der Waals surface area (Å²) in [5.74, 6) is -0.398. The zero-order valence-electron chi connectivity index (χ0n) is 21.4. The molecule has 4 rings (SSSR count). The normalized spacial score (nSPS) is 13.4. The van der Waals surface area contributed by atoms with E-state index < -0.39 is 0 Å². The standard InChI is InChI=1S/C28H33N5O4/c1-20(2)33(27(35)25-5-4-18-37-25)19-26(34)29-22-10-12-24(13-11-22)31-14-16-32(17-15-31)28(36)30-23-8-6-21(3)7-9-23/h4-13,18,20H,14-17,19H2,1-3H3,(H,29,34)(H,30,36). The van der Waals surface area contributed by atoms with Gasteiger partial charge in [0.05, 0.1) is 6.26 Å². The van der Waals surface area contributed by atoms with Gasteiger partial charge in [-0.15, -0.1) is 0 Å². The summed E-state index contributed by atoms with van der Waals surface area (Å²) in [6, 6.07) is 18.3. The van der Waals surface area contributed by atoms with E-state index in [1.165, 1.54) is 11.2 Å². The van der Waals surface area contributed by atoms with Crippen molar-refractivity contribution >= 4 is 34.9 Å². The first-order chi connectivity index (χ1) is 17.8. The molecule has 2 N–H and O–H groups in total. The lowest BCUT2D eigenvalue weighted by Crippen LogP contribution is -2.50. The lowest BCUT2D eigenvalue weighted by molar-refractivity contribution is -0.117. The summed E-state index contributed by atoms with van der Waals surface area (Å²) in [6.45, 7) is 8.30. The molecule has 3 aromatic rings. The number of nitrogens with one attached hydrogen (secondary N) is 2. The van der Waals surface area contributed by atoms with Gasteiger partial charge < -0.3 is 29.8 Å². The Morgan fingerprint density at radius 2 is 1.51 bits per heavy atom. The highest BCUT2D eigenvalue weighted by Crippen LogP contribution is 2.20. The van der Waals surface area contributed by atoms with Gasteiger partial charge in [0.15, 0.2) is 5.76 Å². The van der Waals surface area contributed by atoms with E-state index in [1.807, 2.05) is 74.2 Å². The molecule has 194 valence electrons. The predicted octanol–water partition coefficient (Wildman–Crippen LogP) is 4.43. The van der Waals surface area contributed by atoms with E-state index in [0.29, 0.717) is 31.9 Å². The third-order valence-corrected chi connectivity index (χ3v) is 6.32. The maximum Gasteiger partial charge on any atom is 0.321 e. The molecule has 1 aliphatic rings. The highest BCUT2D eigenvalue weighted by molar-refractivity contribution is 5.98. The molecule has 1 aromatic heterocycles. The summed E-state index contributed by atoms with van der Waals surface area (Å²) in [5, 5.41) is 5.82. The van der Waals surface area contributed by atoms with E-state index in [2.05, 4.69) is 15.5 Å². The molecular weight excluding hydrogens is 470 g/mol. The summed E-state index contributed by atoms with van der Waals surface area (Å²) in [6.07, 6.45) is 1.44. The molecule has 0 bridgehead atoms. The molecule has 0 radical (unpaired) electrons. The number of hydrogen-bond acceptors (Lipinski definition) is 5. The zero-order valence-corrected chi connectivity index (χ0v) is 21.4. The molecule has 1 saturated heterocycles. The topological polar surface area (TPSA) is 98.1 Å². The molecular formula is C28H33N5O4. The average Bonchev–Trinajstić information content (AvgIpc) is 3.44. The number of benzene rings is 2. The second-order valence-electron chi connectivity index (χ2n) is 9.37. The van der Waals surface area contributed by atoms with Gasteiger partial charge in [0.2, 0.25) is 5.91 Å². The molecule has 0 unspecified atom stereocenters. The van der Waals surface area contributed by atoms with Crippen LogP contribution in [0.15, 0.2) is 71.3 Å². The van der Waals surface area contributed by atoms with Crippen molar-refractivity contribution in [1.82, 2.24) is 9.80 Å². The molecule has 9 heteroatoms. The Bertz CT molecular complexity index is 1200. The minimum Gasteiger partial charge on any atom is -0.459 e. The number of nitrogens with zero attached hydrogens (tertiary/aromatic N) is 3. The third-order valence-electron chi connectivity index (χ3n) is 6.32. The van der Waals surface area contributed by atoms with Crippen LogP contribution in [0, 0.1) is 6.92 Å². The van der Waals surface area contributed by atoms with Crippen LogP contribution in [0.25, 0.3) is 0 Å². The number of piperazine rings is 1. The van der Waals surface area contributed by atoms with Gasteiger partial charge in [0.25, 0.3) is 5.91 Å². The van der Waals surface area contributed by atoms with Crippen molar-refractivity contribution in [3.8, 4) is 0 Å². The Labute approximate surface area is 217 Å². The molecule has 0 spiro atoms. The lowest BCUT2D eigenvalue weighted by atomic mass is 10.2. The summed E-state index contributed by atoms with van der Waals surface area (Å²) >= 11 is 0. The maximum atomic E-state index is 12.6. The van der Waals surface area contributed by atoms with E-state index in [9.17, 15) is 14.4 Å². The number of hydrogen-bond donors (Lipinski definition) is 2. The van der Waals surface area contributed by atoms with E-state index in [4.69, 9.17) is 4.42 Å². The molecule has 1 fully saturated rings. The predicted molar refractivity (Wildman–Crippen MR) is 144 cm³/mol. The molecule has 2 heterocycles. The maximum absolute atomic E-state index is 12.6. The first-order valence-electron chi connectivity index (χ1n) is 12.4. The van der Waals surface area contributed by atoms with Gasteiger partial charge in [-0.05, 0) is 69.3 Å². The molecule has 9 nitrogen and oxygen atoms in total. The Hall–Kier alpha value is -4.27. The van der Waals surface area contributed by atoms with Gasteiger partial charge in [0, 0.05) is 49.3 Å². The molecule has 1 aliphatic heterocycles. The summed E-state index contributed by atoms with van der Waals surface area (Å²) in [4.78, 5) is 43.4. The molecule has 37 heavy (non-hydrogen) atoms. The van der Waals surface area contributed by atoms with E-state index in [0.717, 1.165) is 16.9 Å². The van der Waals surface area contributed by atoms with Crippen LogP contribution in [0.3, 0.4) is 0 Å². The largest absolute Gasteiger partial charge is 0.459 e. The SMILES string of the molecule is Cc1ccc(NC(=O)N2CCN(c3ccc(NC(=O)CN(C(=O)c4ccco4)C(C)C)cc3)CC2)cc1. The van der Waals surface area contributed by atoms with Crippen LogP contribution in [-0.2, 0) is 4.79 Å². The lowest BCUT2D eigenvalue weighted by Gasteiger charge is -2.36. The first kappa shape index (κ1) is 25.8. The highest BCUT2D eigenvalue weighted by Gasteiger charge is 2.24. The van der Waals surface area contributed by atoms with E-state index in [1.54, 1.807) is 12.1 Å². The molecule has 0 aliphatic carbocycles.